The number of hydrogen-bond donors (Lipinski definition) is 0. The summed E-state index contributed by atoms with van der Waals surface area (Å²) in [6.45, 7) is 3.76. The molecule has 0 radical (unpaired) electrons. The standard InChI is InChI=1S/C19H33ClO/c1-2-3-4-5-6-7-8-9-12-15-18-21-19-16-13-10-11-14-17-20/h11-13,15H,2-9,14,16-19H2,1H3/b15-12-. The van der Waals surface area contributed by atoms with Crippen LogP contribution in [0.3, 0.4) is 0 Å². The largest absolute Gasteiger partial charge is 0.377 e. The molecule has 0 heterocycles. The zero-order valence-corrected chi connectivity index (χ0v) is 14.5. The average molecular weight is 313 g/mol. The van der Waals surface area contributed by atoms with Gasteiger partial charge in [-0.25, -0.2) is 0 Å². The smallest absolute Gasteiger partial charge is 0.0647 e. The molecule has 0 atom stereocenters. The third kappa shape index (κ3) is 19.5. The topological polar surface area (TPSA) is 9.23 Å². The Kier molecular flexibility index (Phi) is 19.1. The lowest BCUT2D eigenvalue weighted by molar-refractivity contribution is 0.167. The zero-order chi connectivity index (χ0) is 15.4. The molecule has 0 aliphatic carbocycles. The number of rotatable bonds is 15. The van der Waals surface area contributed by atoms with E-state index >= 15 is 0 Å². The van der Waals surface area contributed by atoms with Crippen molar-refractivity contribution in [3.63, 3.8) is 0 Å². The summed E-state index contributed by atoms with van der Waals surface area (Å²) in [6, 6.07) is 0. The summed E-state index contributed by atoms with van der Waals surface area (Å²) in [6.07, 6.45) is 21.0. The minimum absolute atomic E-state index is 0.668. The van der Waals surface area contributed by atoms with E-state index in [0.29, 0.717) is 5.88 Å². The van der Waals surface area contributed by atoms with Gasteiger partial charge in [-0.05, 0) is 37.8 Å². The maximum atomic E-state index is 5.56. The summed E-state index contributed by atoms with van der Waals surface area (Å²) in [4.78, 5) is 0. The molecule has 0 saturated carbocycles. The second-order valence-corrected chi connectivity index (χ2v) is 5.68. The predicted molar refractivity (Wildman–Crippen MR) is 95.2 cm³/mol. The molecular weight excluding hydrogens is 280 g/mol. The lowest BCUT2D eigenvalue weighted by atomic mass is 10.1. The number of unbranched alkanes of at least 4 members (excludes halogenated alkanes) is 7. The molecule has 2 heteroatoms. The second-order valence-electron chi connectivity index (χ2n) is 5.30. The summed E-state index contributed by atoms with van der Waals surface area (Å²) in [5.41, 5.74) is 3.10. The Balaban J connectivity index is 3.17. The van der Waals surface area contributed by atoms with Gasteiger partial charge in [0.05, 0.1) is 13.2 Å². The fourth-order valence-corrected chi connectivity index (χ4v) is 2.11. The van der Waals surface area contributed by atoms with Crippen LogP contribution in [-0.4, -0.2) is 19.1 Å². The molecule has 0 aromatic rings. The Hall–Kier alpha value is -0.490. The van der Waals surface area contributed by atoms with Crippen molar-refractivity contribution in [1.82, 2.24) is 0 Å². The Bertz CT molecular complexity index is 277. The average Bonchev–Trinajstić information content (AvgIpc) is 2.50. The molecule has 0 aliphatic heterocycles. The van der Waals surface area contributed by atoms with E-state index in [0.717, 1.165) is 26.1 Å². The van der Waals surface area contributed by atoms with E-state index in [-0.39, 0.29) is 0 Å². The van der Waals surface area contributed by atoms with Gasteiger partial charge in [0.1, 0.15) is 0 Å². The van der Waals surface area contributed by atoms with E-state index in [9.17, 15) is 0 Å². The Morgan fingerprint density at radius 1 is 0.857 bits per heavy atom. The molecule has 0 amide bonds. The molecule has 0 aliphatic rings. The molecule has 0 unspecified atom stereocenters. The third-order valence-corrected chi connectivity index (χ3v) is 3.47. The molecule has 1 nitrogen and oxygen atoms in total. The van der Waals surface area contributed by atoms with E-state index in [1.54, 1.807) is 0 Å². The monoisotopic (exact) mass is 312 g/mol. The molecule has 0 rings (SSSR count). The highest BCUT2D eigenvalue weighted by molar-refractivity contribution is 6.17. The Morgan fingerprint density at radius 2 is 1.57 bits per heavy atom. The summed E-state index contributed by atoms with van der Waals surface area (Å²) in [7, 11) is 0. The summed E-state index contributed by atoms with van der Waals surface area (Å²) in [5.74, 6) is 0.668. The van der Waals surface area contributed by atoms with E-state index in [2.05, 4.69) is 24.8 Å². The van der Waals surface area contributed by atoms with Gasteiger partial charge in [-0.1, -0.05) is 57.6 Å². The van der Waals surface area contributed by atoms with Crippen LogP contribution in [0.5, 0.6) is 0 Å². The van der Waals surface area contributed by atoms with E-state index in [4.69, 9.17) is 16.3 Å². The number of halogens is 1. The van der Waals surface area contributed by atoms with Gasteiger partial charge in [0.25, 0.3) is 0 Å². The van der Waals surface area contributed by atoms with Crippen molar-refractivity contribution in [3.8, 4) is 0 Å². The fourth-order valence-electron chi connectivity index (χ4n) is 2.00. The minimum atomic E-state index is 0.668. The lowest BCUT2D eigenvalue weighted by Crippen LogP contribution is -1.92. The van der Waals surface area contributed by atoms with Crippen LogP contribution in [0, 0.1) is 0 Å². The van der Waals surface area contributed by atoms with Gasteiger partial charge in [-0.2, -0.15) is 0 Å². The minimum Gasteiger partial charge on any atom is -0.377 e. The number of ether oxygens (including phenoxy) is 1. The van der Waals surface area contributed by atoms with Crippen molar-refractivity contribution >= 4 is 11.6 Å². The van der Waals surface area contributed by atoms with Crippen molar-refractivity contribution < 1.29 is 4.74 Å². The highest BCUT2D eigenvalue weighted by atomic mass is 35.5. The van der Waals surface area contributed by atoms with Crippen LogP contribution in [0.25, 0.3) is 0 Å². The van der Waals surface area contributed by atoms with Crippen LogP contribution in [0.15, 0.2) is 30.0 Å². The molecule has 0 spiro atoms. The highest BCUT2D eigenvalue weighted by Gasteiger charge is 1.89. The quantitative estimate of drug-likeness (QED) is 0.146. The molecular formula is C19H33ClO. The first-order valence-corrected chi connectivity index (χ1v) is 9.13. The third-order valence-electron chi connectivity index (χ3n) is 3.25. The fraction of sp³-hybridized carbons (Fsp3) is 0.737. The van der Waals surface area contributed by atoms with Crippen molar-refractivity contribution in [3.05, 3.63) is 30.0 Å². The highest BCUT2D eigenvalue weighted by Crippen LogP contribution is 2.08. The van der Waals surface area contributed by atoms with Crippen LogP contribution >= 0.6 is 11.6 Å². The van der Waals surface area contributed by atoms with Crippen molar-refractivity contribution in [2.24, 2.45) is 0 Å². The molecule has 0 fully saturated rings. The van der Waals surface area contributed by atoms with E-state index in [1.807, 2.05) is 12.2 Å². The summed E-state index contributed by atoms with van der Waals surface area (Å²) in [5, 5.41) is 0. The molecule has 0 aromatic heterocycles. The van der Waals surface area contributed by atoms with Crippen LogP contribution in [0.2, 0.25) is 0 Å². The molecule has 122 valence electrons. The van der Waals surface area contributed by atoms with Crippen LogP contribution in [0.1, 0.15) is 71.1 Å². The number of hydrogen-bond acceptors (Lipinski definition) is 1. The predicted octanol–water partition coefficient (Wildman–Crippen LogP) is 6.43. The lowest BCUT2D eigenvalue weighted by Gasteiger charge is -1.99. The Morgan fingerprint density at radius 3 is 2.33 bits per heavy atom. The van der Waals surface area contributed by atoms with Gasteiger partial charge >= 0.3 is 0 Å². The Labute approximate surface area is 137 Å². The SMILES string of the molecule is CCCCCCCCC/C=C\COCCC=C=CCCCl. The van der Waals surface area contributed by atoms with E-state index < -0.39 is 0 Å². The molecule has 0 N–H and O–H groups in total. The van der Waals surface area contributed by atoms with Gasteiger partial charge in [0.15, 0.2) is 0 Å². The van der Waals surface area contributed by atoms with Crippen LogP contribution < -0.4 is 0 Å². The van der Waals surface area contributed by atoms with Gasteiger partial charge in [0, 0.05) is 5.88 Å². The van der Waals surface area contributed by atoms with Gasteiger partial charge in [-0.3, -0.25) is 0 Å². The normalized spacial score (nSPS) is 10.8. The maximum absolute atomic E-state index is 5.56. The zero-order valence-electron chi connectivity index (χ0n) is 13.8. The molecule has 0 saturated heterocycles. The molecule has 0 aromatic carbocycles. The first-order chi connectivity index (χ1) is 10.4. The second kappa shape index (κ2) is 19.5. The maximum Gasteiger partial charge on any atom is 0.0647 e. The number of allylic oxidation sites excluding steroid dienone is 1. The summed E-state index contributed by atoms with van der Waals surface area (Å²) < 4.78 is 5.51. The molecule has 21 heavy (non-hydrogen) atoms. The van der Waals surface area contributed by atoms with Crippen LogP contribution in [0.4, 0.5) is 0 Å². The van der Waals surface area contributed by atoms with Crippen molar-refractivity contribution in [1.29, 1.82) is 0 Å². The summed E-state index contributed by atoms with van der Waals surface area (Å²) >= 11 is 5.56. The van der Waals surface area contributed by atoms with Gasteiger partial charge in [-0.15, -0.1) is 17.3 Å². The molecule has 0 bridgehead atoms. The van der Waals surface area contributed by atoms with E-state index in [1.165, 1.54) is 51.4 Å². The van der Waals surface area contributed by atoms with Crippen molar-refractivity contribution in [2.75, 3.05) is 19.1 Å². The first kappa shape index (κ1) is 20.5. The first-order valence-electron chi connectivity index (χ1n) is 8.60. The van der Waals surface area contributed by atoms with Gasteiger partial charge < -0.3 is 4.74 Å². The van der Waals surface area contributed by atoms with Crippen molar-refractivity contribution in [2.45, 2.75) is 71.1 Å². The van der Waals surface area contributed by atoms with Crippen LogP contribution in [-0.2, 0) is 4.74 Å². The number of alkyl halides is 1. The van der Waals surface area contributed by atoms with Gasteiger partial charge in [0.2, 0.25) is 0 Å².